The van der Waals surface area contributed by atoms with Crippen molar-refractivity contribution in [1.82, 2.24) is 0 Å². The summed E-state index contributed by atoms with van der Waals surface area (Å²) >= 11 is 4.54. The maximum Gasteiger partial charge on any atom is 0.296 e. The Morgan fingerprint density at radius 1 is 0.727 bits per heavy atom. The zero-order valence-electron chi connectivity index (χ0n) is 17.8. The molecule has 0 spiro atoms. The maximum absolute atomic E-state index is 12.2. The van der Waals surface area contributed by atoms with Gasteiger partial charge in [-0.25, -0.2) is 0 Å². The van der Waals surface area contributed by atoms with E-state index in [2.05, 4.69) is 33.1 Å². The number of hydrogen-bond acceptors (Lipinski definition) is 7. The Bertz CT molecular complexity index is 1500. The van der Waals surface area contributed by atoms with Crippen LogP contribution in [0.5, 0.6) is 0 Å². The second kappa shape index (κ2) is 9.22. The van der Waals surface area contributed by atoms with E-state index in [-0.39, 0.29) is 10.6 Å². The average Bonchev–Trinajstić information content (AvgIpc) is 2.78. The average molecular weight is 477 g/mol. The number of hydrogen-bond donors (Lipinski definition) is 2. The molecule has 4 aromatic rings. The number of thiol groups is 1. The van der Waals surface area contributed by atoms with Crippen molar-refractivity contribution in [1.29, 1.82) is 0 Å². The highest BCUT2D eigenvalue weighted by atomic mass is 32.2. The van der Waals surface area contributed by atoms with Crippen LogP contribution in [0.25, 0.3) is 10.8 Å². The molecule has 7 nitrogen and oxygen atoms in total. The number of aryl methyl sites for hydroxylation is 2. The molecule has 0 unspecified atom stereocenters. The van der Waals surface area contributed by atoms with Crippen LogP contribution in [-0.2, 0) is 10.1 Å². The Kier molecular flexibility index (Phi) is 6.37. The third-order valence-electron chi connectivity index (χ3n) is 5.13. The third-order valence-corrected chi connectivity index (χ3v) is 6.33. The topological polar surface area (TPSA) is 104 Å². The van der Waals surface area contributed by atoms with Gasteiger partial charge < -0.3 is 0 Å². The van der Waals surface area contributed by atoms with Gasteiger partial charge in [-0.1, -0.05) is 36.4 Å². The lowest BCUT2D eigenvalue weighted by Crippen LogP contribution is -2.01. The number of fused-ring (bicyclic) bond motifs is 1. The standard InChI is InChI=1S/C24H20N4O3S2/c1-15-22-16(2)24(28-26-19-11-7-4-8-12-19)21(33(29,30)31)14-17(22)13-20(32)23(15)27-25-18-9-5-3-6-10-18/h3-14,32H,1-2H3,(H,29,30,31). The van der Waals surface area contributed by atoms with Gasteiger partial charge in [0.05, 0.1) is 11.4 Å². The van der Waals surface area contributed by atoms with Gasteiger partial charge >= 0.3 is 0 Å². The summed E-state index contributed by atoms with van der Waals surface area (Å²) in [5.74, 6) is 0. The largest absolute Gasteiger partial charge is 0.296 e. The van der Waals surface area contributed by atoms with Crippen LogP contribution in [0, 0.1) is 13.8 Å². The first-order valence-electron chi connectivity index (χ1n) is 9.96. The lowest BCUT2D eigenvalue weighted by Gasteiger charge is -2.14. The molecule has 0 saturated carbocycles. The Balaban J connectivity index is 1.94. The third kappa shape index (κ3) is 4.85. The molecular weight excluding hydrogens is 456 g/mol. The van der Waals surface area contributed by atoms with Crippen molar-refractivity contribution < 1.29 is 13.0 Å². The predicted molar refractivity (Wildman–Crippen MR) is 132 cm³/mol. The fraction of sp³-hybridized carbons (Fsp3) is 0.0833. The van der Waals surface area contributed by atoms with E-state index < -0.39 is 10.1 Å². The summed E-state index contributed by atoms with van der Waals surface area (Å²) in [6.45, 7) is 3.60. The van der Waals surface area contributed by atoms with E-state index in [9.17, 15) is 13.0 Å². The molecular formula is C24H20N4O3S2. The summed E-state index contributed by atoms with van der Waals surface area (Å²) < 4.78 is 34.2. The molecule has 0 radical (unpaired) electrons. The molecule has 166 valence electrons. The van der Waals surface area contributed by atoms with Gasteiger partial charge in [-0.2, -0.15) is 18.6 Å². The van der Waals surface area contributed by atoms with E-state index in [1.54, 1.807) is 37.3 Å². The maximum atomic E-state index is 12.2. The molecule has 9 heteroatoms. The van der Waals surface area contributed by atoms with Crippen LogP contribution >= 0.6 is 12.6 Å². The Hall–Kier alpha value is -3.40. The van der Waals surface area contributed by atoms with Crippen LogP contribution in [-0.4, -0.2) is 13.0 Å². The molecule has 0 saturated heterocycles. The number of nitrogens with zero attached hydrogens (tertiary/aromatic N) is 4. The minimum Gasteiger partial charge on any atom is -0.282 e. The van der Waals surface area contributed by atoms with Crippen LogP contribution in [0.3, 0.4) is 0 Å². The lowest BCUT2D eigenvalue weighted by atomic mass is 9.98. The van der Waals surface area contributed by atoms with Crippen molar-refractivity contribution in [3.8, 4) is 0 Å². The molecule has 0 fully saturated rings. The van der Waals surface area contributed by atoms with Crippen LogP contribution in [0.4, 0.5) is 22.7 Å². The van der Waals surface area contributed by atoms with Gasteiger partial charge in [-0.05, 0) is 72.1 Å². The Morgan fingerprint density at radius 2 is 1.21 bits per heavy atom. The van der Waals surface area contributed by atoms with Gasteiger partial charge in [0.25, 0.3) is 10.1 Å². The lowest BCUT2D eigenvalue weighted by molar-refractivity contribution is 0.483. The first-order chi connectivity index (χ1) is 15.8. The molecule has 33 heavy (non-hydrogen) atoms. The normalized spacial score (nSPS) is 12.2. The molecule has 1 N–H and O–H groups in total. The zero-order valence-corrected chi connectivity index (χ0v) is 19.5. The van der Waals surface area contributed by atoms with Crippen LogP contribution < -0.4 is 0 Å². The number of azo groups is 2. The van der Waals surface area contributed by atoms with Crippen molar-refractivity contribution >= 4 is 56.3 Å². The summed E-state index contributed by atoms with van der Waals surface area (Å²) in [7, 11) is -4.55. The van der Waals surface area contributed by atoms with Crippen LogP contribution in [0.1, 0.15) is 11.1 Å². The minimum atomic E-state index is -4.55. The Morgan fingerprint density at radius 3 is 1.73 bits per heavy atom. The van der Waals surface area contributed by atoms with E-state index in [1.807, 2.05) is 43.3 Å². The number of benzene rings is 4. The van der Waals surface area contributed by atoms with Crippen molar-refractivity contribution in [2.24, 2.45) is 20.5 Å². The van der Waals surface area contributed by atoms with Crippen molar-refractivity contribution in [3.63, 3.8) is 0 Å². The van der Waals surface area contributed by atoms with Gasteiger partial charge in [-0.15, -0.1) is 22.9 Å². The van der Waals surface area contributed by atoms with Crippen LogP contribution in [0.2, 0.25) is 0 Å². The first-order valence-corrected chi connectivity index (χ1v) is 11.9. The highest BCUT2D eigenvalue weighted by Gasteiger charge is 2.22. The predicted octanol–water partition coefficient (Wildman–Crippen LogP) is 7.82. The summed E-state index contributed by atoms with van der Waals surface area (Å²) in [5, 5.41) is 18.3. The molecule has 4 aromatic carbocycles. The molecule has 0 aliphatic rings. The van der Waals surface area contributed by atoms with Crippen molar-refractivity contribution in [2.75, 3.05) is 0 Å². The van der Waals surface area contributed by atoms with Gasteiger partial charge in [0.2, 0.25) is 0 Å². The van der Waals surface area contributed by atoms with E-state index in [0.717, 1.165) is 10.9 Å². The summed E-state index contributed by atoms with van der Waals surface area (Å²) in [4.78, 5) is 0.206. The van der Waals surface area contributed by atoms with Gasteiger partial charge in [0.1, 0.15) is 16.3 Å². The summed E-state index contributed by atoms with van der Waals surface area (Å²) in [5.41, 5.74) is 3.17. The van der Waals surface area contributed by atoms with Gasteiger partial charge in [-0.3, -0.25) is 4.55 Å². The van der Waals surface area contributed by atoms with E-state index >= 15 is 0 Å². The molecule has 0 aliphatic carbocycles. The smallest absolute Gasteiger partial charge is 0.282 e. The zero-order chi connectivity index (χ0) is 23.6. The second-order valence-corrected chi connectivity index (χ2v) is 9.23. The molecule has 0 bridgehead atoms. The summed E-state index contributed by atoms with van der Waals surface area (Å²) in [6.07, 6.45) is 0. The summed E-state index contributed by atoms with van der Waals surface area (Å²) in [6, 6.07) is 21.3. The van der Waals surface area contributed by atoms with Gasteiger partial charge in [0, 0.05) is 4.90 Å². The van der Waals surface area contributed by atoms with Crippen LogP contribution in [0.15, 0.2) is 103 Å². The molecule has 0 heterocycles. The fourth-order valence-electron chi connectivity index (χ4n) is 3.59. The second-order valence-electron chi connectivity index (χ2n) is 7.36. The number of rotatable bonds is 5. The quantitative estimate of drug-likeness (QED) is 0.174. The van der Waals surface area contributed by atoms with E-state index in [1.165, 1.54) is 6.07 Å². The molecule has 0 atom stereocenters. The van der Waals surface area contributed by atoms with Gasteiger partial charge in [0.15, 0.2) is 0 Å². The highest BCUT2D eigenvalue weighted by Crippen LogP contribution is 2.42. The molecule has 4 rings (SSSR count). The highest BCUT2D eigenvalue weighted by molar-refractivity contribution is 7.86. The molecule has 0 aromatic heterocycles. The van der Waals surface area contributed by atoms with Crippen molar-refractivity contribution in [3.05, 3.63) is 83.9 Å². The first kappa shape index (κ1) is 22.8. The van der Waals surface area contributed by atoms with Crippen molar-refractivity contribution in [2.45, 2.75) is 23.6 Å². The van der Waals surface area contributed by atoms with E-state index in [4.69, 9.17) is 0 Å². The molecule has 0 aliphatic heterocycles. The fourth-order valence-corrected chi connectivity index (χ4v) is 4.66. The van der Waals surface area contributed by atoms with E-state index in [0.29, 0.717) is 32.9 Å². The minimum absolute atomic E-state index is 0.0646. The monoisotopic (exact) mass is 476 g/mol. The molecule has 0 amide bonds. The SMILES string of the molecule is Cc1c(N=Nc2ccccc2)c(S)cc2cc(S(=O)(=O)O)c(N=Nc3ccccc3)c(C)c12. The Labute approximate surface area is 197 Å².